The monoisotopic (exact) mass is 437 g/mol. The second-order valence-corrected chi connectivity index (χ2v) is 6.84. The Bertz CT molecular complexity index is 1270. The minimum atomic E-state index is -0.553. The SMILES string of the molecule is COc1c(F)cccc1CNC(=O)c1nc(-c2nc(Nc3ccnn3C)ncc2C)co1. The molecule has 0 aliphatic carbocycles. The molecule has 0 saturated carbocycles. The maximum atomic E-state index is 13.8. The summed E-state index contributed by atoms with van der Waals surface area (Å²) < 4.78 is 25.9. The van der Waals surface area contributed by atoms with Gasteiger partial charge in [-0.05, 0) is 18.6 Å². The summed E-state index contributed by atoms with van der Waals surface area (Å²) in [6.45, 7) is 1.87. The zero-order valence-corrected chi connectivity index (χ0v) is 17.6. The Morgan fingerprint density at radius 3 is 2.88 bits per heavy atom. The summed E-state index contributed by atoms with van der Waals surface area (Å²) in [5.74, 6) is -0.0652. The summed E-state index contributed by atoms with van der Waals surface area (Å²) in [5, 5.41) is 9.81. The van der Waals surface area contributed by atoms with Crippen LogP contribution in [0.2, 0.25) is 0 Å². The molecule has 4 rings (SSSR count). The summed E-state index contributed by atoms with van der Waals surface area (Å²) in [4.78, 5) is 25.5. The number of hydrogen-bond acceptors (Lipinski definition) is 8. The van der Waals surface area contributed by atoms with Crippen LogP contribution in [0.5, 0.6) is 5.75 Å². The van der Waals surface area contributed by atoms with E-state index in [2.05, 4.69) is 30.7 Å². The average Bonchev–Trinajstić information content (AvgIpc) is 3.43. The second-order valence-electron chi connectivity index (χ2n) is 6.84. The number of aromatic nitrogens is 5. The molecule has 3 aromatic heterocycles. The number of oxazole rings is 1. The molecule has 1 aromatic carbocycles. The van der Waals surface area contributed by atoms with Gasteiger partial charge in [0.1, 0.15) is 23.5 Å². The van der Waals surface area contributed by atoms with Crippen molar-refractivity contribution in [2.75, 3.05) is 12.4 Å². The van der Waals surface area contributed by atoms with Crippen molar-refractivity contribution in [3.63, 3.8) is 0 Å². The van der Waals surface area contributed by atoms with E-state index in [1.54, 1.807) is 36.3 Å². The zero-order chi connectivity index (χ0) is 22.7. The molecule has 0 aliphatic heterocycles. The van der Waals surface area contributed by atoms with Crippen LogP contribution in [-0.4, -0.2) is 37.7 Å². The van der Waals surface area contributed by atoms with E-state index in [0.717, 1.165) is 5.56 Å². The molecule has 3 heterocycles. The zero-order valence-electron chi connectivity index (χ0n) is 17.6. The number of para-hydroxylation sites is 1. The Morgan fingerprint density at radius 2 is 2.12 bits per heavy atom. The Balaban J connectivity index is 1.50. The molecule has 4 aromatic rings. The van der Waals surface area contributed by atoms with E-state index in [1.807, 2.05) is 6.92 Å². The number of amides is 1. The highest BCUT2D eigenvalue weighted by Gasteiger charge is 2.18. The lowest BCUT2D eigenvalue weighted by Crippen LogP contribution is -2.23. The summed E-state index contributed by atoms with van der Waals surface area (Å²) in [6.07, 6.45) is 4.64. The number of methoxy groups -OCH3 is 1. The van der Waals surface area contributed by atoms with Crippen molar-refractivity contribution in [1.82, 2.24) is 30.0 Å². The van der Waals surface area contributed by atoms with E-state index < -0.39 is 11.7 Å². The minimum absolute atomic E-state index is 0.0444. The van der Waals surface area contributed by atoms with Crippen molar-refractivity contribution >= 4 is 17.7 Å². The van der Waals surface area contributed by atoms with Gasteiger partial charge in [0.05, 0.1) is 13.3 Å². The maximum Gasteiger partial charge on any atom is 0.307 e. The van der Waals surface area contributed by atoms with Crippen molar-refractivity contribution in [3.8, 4) is 17.1 Å². The second kappa shape index (κ2) is 8.84. The third-order valence-electron chi connectivity index (χ3n) is 4.67. The van der Waals surface area contributed by atoms with E-state index in [9.17, 15) is 9.18 Å². The van der Waals surface area contributed by atoms with Gasteiger partial charge in [0.25, 0.3) is 5.89 Å². The summed E-state index contributed by atoms with van der Waals surface area (Å²) in [5.41, 5.74) is 2.14. The molecule has 0 radical (unpaired) electrons. The predicted octanol–water partition coefficient (Wildman–Crippen LogP) is 2.99. The number of anilines is 2. The summed E-state index contributed by atoms with van der Waals surface area (Å²) in [7, 11) is 3.16. The molecule has 1 amide bonds. The number of aryl methyl sites for hydroxylation is 2. The van der Waals surface area contributed by atoms with Gasteiger partial charge >= 0.3 is 5.91 Å². The fourth-order valence-corrected chi connectivity index (χ4v) is 3.03. The molecule has 0 atom stereocenters. The lowest BCUT2D eigenvalue weighted by Gasteiger charge is -2.09. The normalized spacial score (nSPS) is 10.8. The van der Waals surface area contributed by atoms with Crippen molar-refractivity contribution in [2.24, 2.45) is 7.05 Å². The highest BCUT2D eigenvalue weighted by molar-refractivity contribution is 5.90. The van der Waals surface area contributed by atoms with Crippen LogP contribution in [0.3, 0.4) is 0 Å². The van der Waals surface area contributed by atoms with Crippen LogP contribution >= 0.6 is 0 Å². The first-order valence-corrected chi connectivity index (χ1v) is 9.60. The van der Waals surface area contributed by atoms with Gasteiger partial charge in [0.15, 0.2) is 11.6 Å². The van der Waals surface area contributed by atoms with Crippen molar-refractivity contribution in [3.05, 3.63) is 65.8 Å². The van der Waals surface area contributed by atoms with E-state index in [0.29, 0.717) is 28.7 Å². The summed E-state index contributed by atoms with van der Waals surface area (Å²) in [6, 6.07) is 6.27. The quantitative estimate of drug-likeness (QED) is 0.453. The van der Waals surface area contributed by atoms with Crippen LogP contribution in [0.15, 0.2) is 47.3 Å². The number of hydrogen-bond donors (Lipinski definition) is 2. The van der Waals surface area contributed by atoms with Crippen molar-refractivity contribution in [2.45, 2.75) is 13.5 Å². The standard InChI is InChI=1S/C21H20FN7O3/c1-12-9-24-21(27-16-7-8-25-29(16)2)28-17(12)15-11-32-20(26-15)19(30)23-10-13-5-4-6-14(22)18(13)31-3/h4-9,11H,10H2,1-3H3,(H,23,30)(H,24,27,28). The van der Waals surface area contributed by atoms with Gasteiger partial charge in [-0.25, -0.2) is 19.3 Å². The fraction of sp³-hybridized carbons (Fsp3) is 0.190. The molecule has 2 N–H and O–H groups in total. The number of halogens is 1. The first-order valence-electron chi connectivity index (χ1n) is 9.60. The predicted molar refractivity (Wildman–Crippen MR) is 113 cm³/mol. The minimum Gasteiger partial charge on any atom is -0.493 e. The first-order chi connectivity index (χ1) is 15.5. The number of carbonyl (C=O) groups is 1. The number of nitrogens with one attached hydrogen (secondary N) is 2. The molecule has 0 aliphatic rings. The Kier molecular flexibility index (Phi) is 5.79. The molecular weight excluding hydrogens is 417 g/mol. The van der Waals surface area contributed by atoms with Gasteiger partial charge in [-0.3, -0.25) is 9.48 Å². The van der Waals surface area contributed by atoms with E-state index >= 15 is 0 Å². The topological polar surface area (TPSA) is 120 Å². The molecule has 0 spiro atoms. The number of nitrogens with zero attached hydrogens (tertiary/aromatic N) is 5. The van der Waals surface area contributed by atoms with Gasteiger partial charge < -0.3 is 19.8 Å². The number of rotatable bonds is 7. The van der Waals surface area contributed by atoms with E-state index in [1.165, 1.54) is 25.5 Å². The van der Waals surface area contributed by atoms with Crippen molar-refractivity contribution in [1.29, 1.82) is 0 Å². The van der Waals surface area contributed by atoms with E-state index in [4.69, 9.17) is 9.15 Å². The fourth-order valence-electron chi connectivity index (χ4n) is 3.03. The van der Waals surface area contributed by atoms with Gasteiger partial charge in [0, 0.05) is 31.4 Å². The molecule has 0 saturated heterocycles. The Labute approximate surface area is 182 Å². The van der Waals surface area contributed by atoms with Crippen LogP contribution in [0, 0.1) is 12.7 Å². The Hall–Kier alpha value is -4.28. The van der Waals surface area contributed by atoms with Gasteiger partial charge in [-0.15, -0.1) is 0 Å². The third-order valence-corrected chi connectivity index (χ3v) is 4.67. The molecule has 0 fully saturated rings. The van der Waals surface area contributed by atoms with Crippen LogP contribution in [-0.2, 0) is 13.6 Å². The molecule has 10 nitrogen and oxygen atoms in total. The Morgan fingerprint density at radius 1 is 1.28 bits per heavy atom. The molecule has 32 heavy (non-hydrogen) atoms. The highest BCUT2D eigenvalue weighted by Crippen LogP contribution is 2.24. The summed E-state index contributed by atoms with van der Waals surface area (Å²) >= 11 is 0. The molecule has 0 bridgehead atoms. The van der Waals surface area contributed by atoms with Crippen LogP contribution in [0.4, 0.5) is 16.2 Å². The average molecular weight is 437 g/mol. The van der Waals surface area contributed by atoms with Crippen LogP contribution < -0.4 is 15.4 Å². The van der Waals surface area contributed by atoms with E-state index in [-0.39, 0.29) is 18.2 Å². The number of ether oxygens (including phenoxy) is 1. The first kappa shape index (κ1) is 21.0. The van der Waals surface area contributed by atoms with Gasteiger partial charge in [0.2, 0.25) is 5.95 Å². The van der Waals surface area contributed by atoms with Crippen molar-refractivity contribution < 1.29 is 18.3 Å². The number of carbonyl (C=O) groups excluding carboxylic acids is 1. The van der Waals surface area contributed by atoms with Gasteiger partial charge in [-0.2, -0.15) is 5.10 Å². The van der Waals surface area contributed by atoms with Crippen LogP contribution in [0.1, 0.15) is 21.8 Å². The maximum absolute atomic E-state index is 13.8. The number of benzene rings is 1. The lowest BCUT2D eigenvalue weighted by molar-refractivity contribution is 0.0916. The third kappa shape index (κ3) is 4.26. The molecule has 11 heteroatoms. The molecule has 0 unspecified atom stereocenters. The molecule has 164 valence electrons. The lowest BCUT2D eigenvalue weighted by atomic mass is 10.2. The largest absolute Gasteiger partial charge is 0.493 e. The van der Waals surface area contributed by atoms with Crippen LogP contribution in [0.25, 0.3) is 11.4 Å². The smallest absolute Gasteiger partial charge is 0.307 e. The molecular formula is C21H20FN7O3. The highest BCUT2D eigenvalue weighted by atomic mass is 19.1. The van der Waals surface area contributed by atoms with Gasteiger partial charge in [-0.1, -0.05) is 12.1 Å².